The molecular weight excluding hydrogens is 194 g/mol. The lowest BCUT2D eigenvalue weighted by molar-refractivity contribution is 0.00874. The molecule has 2 nitrogen and oxygen atoms in total. The number of ether oxygens (including phenoxy) is 1. The van der Waals surface area contributed by atoms with Crippen molar-refractivity contribution in [2.75, 3.05) is 31.3 Å². The fourth-order valence-electron chi connectivity index (χ4n) is 2.87. The lowest BCUT2D eigenvalue weighted by atomic mass is 9.68. The molecule has 82 valence electrons. The predicted octanol–water partition coefficient (Wildman–Crippen LogP) is 1.89. The first-order valence-electron chi connectivity index (χ1n) is 5.73. The van der Waals surface area contributed by atoms with E-state index < -0.39 is 0 Å². The highest BCUT2D eigenvalue weighted by Gasteiger charge is 2.39. The van der Waals surface area contributed by atoms with E-state index in [0.29, 0.717) is 5.41 Å². The fraction of sp³-hybridized carbons (Fsp3) is 1.00. The smallest absolute Gasteiger partial charge is 0.0468 e. The summed E-state index contributed by atoms with van der Waals surface area (Å²) in [7, 11) is 0. The molecule has 2 saturated heterocycles. The molecular formula is C11H21NOS. The average molecular weight is 215 g/mol. The molecule has 0 spiro atoms. The van der Waals surface area contributed by atoms with Crippen LogP contribution in [0.2, 0.25) is 0 Å². The van der Waals surface area contributed by atoms with E-state index in [2.05, 4.69) is 11.8 Å². The number of thioether (sulfide) groups is 1. The van der Waals surface area contributed by atoms with Gasteiger partial charge in [0, 0.05) is 13.2 Å². The van der Waals surface area contributed by atoms with E-state index >= 15 is 0 Å². The van der Waals surface area contributed by atoms with Crippen molar-refractivity contribution < 1.29 is 4.74 Å². The molecule has 2 fully saturated rings. The Morgan fingerprint density at radius 2 is 1.86 bits per heavy atom. The van der Waals surface area contributed by atoms with Gasteiger partial charge in [0.25, 0.3) is 0 Å². The zero-order valence-electron chi connectivity index (χ0n) is 8.84. The first kappa shape index (κ1) is 10.8. The Bertz CT molecular complexity index is 174. The first-order chi connectivity index (χ1) is 6.87. The minimum Gasteiger partial charge on any atom is -0.381 e. The van der Waals surface area contributed by atoms with Crippen molar-refractivity contribution in [3.8, 4) is 0 Å². The Morgan fingerprint density at radius 1 is 1.21 bits per heavy atom. The monoisotopic (exact) mass is 215 g/mol. The van der Waals surface area contributed by atoms with Gasteiger partial charge >= 0.3 is 0 Å². The Labute approximate surface area is 91.0 Å². The highest BCUT2D eigenvalue weighted by molar-refractivity contribution is 7.99. The third kappa shape index (κ3) is 2.10. The summed E-state index contributed by atoms with van der Waals surface area (Å²) in [5.74, 6) is 3.46. The van der Waals surface area contributed by atoms with Crippen molar-refractivity contribution in [2.24, 2.45) is 17.1 Å². The maximum atomic E-state index is 6.02. The van der Waals surface area contributed by atoms with Crippen LogP contribution in [0.4, 0.5) is 0 Å². The van der Waals surface area contributed by atoms with Crippen LogP contribution in [-0.2, 0) is 4.74 Å². The summed E-state index contributed by atoms with van der Waals surface area (Å²) < 4.78 is 5.43. The molecule has 3 heteroatoms. The molecule has 2 rings (SSSR count). The van der Waals surface area contributed by atoms with Gasteiger partial charge in [0.15, 0.2) is 0 Å². The van der Waals surface area contributed by atoms with E-state index in [4.69, 9.17) is 10.5 Å². The van der Waals surface area contributed by atoms with Gasteiger partial charge in [0.2, 0.25) is 0 Å². The van der Waals surface area contributed by atoms with Gasteiger partial charge in [-0.15, -0.1) is 0 Å². The van der Waals surface area contributed by atoms with Crippen LogP contribution in [0.5, 0.6) is 0 Å². The molecule has 0 unspecified atom stereocenters. The van der Waals surface area contributed by atoms with Crippen molar-refractivity contribution >= 4 is 11.8 Å². The maximum absolute atomic E-state index is 6.02. The summed E-state index contributed by atoms with van der Waals surface area (Å²) in [5.41, 5.74) is 6.49. The molecule has 2 aliphatic heterocycles. The Balaban J connectivity index is 2.01. The first-order valence-corrected chi connectivity index (χ1v) is 6.88. The molecule has 0 atom stereocenters. The van der Waals surface area contributed by atoms with Gasteiger partial charge in [-0.3, -0.25) is 0 Å². The van der Waals surface area contributed by atoms with E-state index in [9.17, 15) is 0 Å². The van der Waals surface area contributed by atoms with Gasteiger partial charge in [-0.2, -0.15) is 11.8 Å². The van der Waals surface area contributed by atoms with E-state index in [1.54, 1.807) is 0 Å². The molecule has 0 amide bonds. The van der Waals surface area contributed by atoms with Gasteiger partial charge in [-0.25, -0.2) is 0 Å². The number of hydrogen-bond donors (Lipinski definition) is 1. The van der Waals surface area contributed by atoms with Crippen LogP contribution < -0.4 is 5.73 Å². The molecule has 0 aromatic carbocycles. The zero-order chi connectivity index (χ0) is 9.86. The van der Waals surface area contributed by atoms with Crippen LogP contribution in [0, 0.1) is 11.3 Å². The number of hydrogen-bond acceptors (Lipinski definition) is 3. The topological polar surface area (TPSA) is 35.2 Å². The summed E-state index contributed by atoms with van der Waals surface area (Å²) in [6.07, 6.45) is 5.14. The molecule has 14 heavy (non-hydrogen) atoms. The second-order valence-electron chi connectivity index (χ2n) is 4.57. The Hall–Kier alpha value is 0.270. The summed E-state index contributed by atoms with van der Waals surface area (Å²) in [6, 6.07) is 0. The zero-order valence-corrected chi connectivity index (χ0v) is 9.65. The van der Waals surface area contributed by atoms with Gasteiger partial charge in [-0.05, 0) is 55.1 Å². The van der Waals surface area contributed by atoms with Crippen LogP contribution in [0.1, 0.15) is 25.7 Å². The Morgan fingerprint density at radius 3 is 2.43 bits per heavy atom. The third-order valence-corrected chi connectivity index (χ3v) is 4.97. The fourth-order valence-corrected chi connectivity index (χ4v) is 4.17. The van der Waals surface area contributed by atoms with Crippen molar-refractivity contribution in [1.82, 2.24) is 0 Å². The van der Waals surface area contributed by atoms with Gasteiger partial charge in [-0.1, -0.05) is 0 Å². The van der Waals surface area contributed by atoms with Crippen LogP contribution in [0.25, 0.3) is 0 Å². The SMILES string of the molecule is NCC1(C2CCOCC2)CCSCC1. The van der Waals surface area contributed by atoms with E-state index in [-0.39, 0.29) is 0 Å². The van der Waals surface area contributed by atoms with Crippen molar-refractivity contribution in [3.63, 3.8) is 0 Å². The third-order valence-electron chi connectivity index (χ3n) is 3.98. The molecule has 0 radical (unpaired) electrons. The van der Waals surface area contributed by atoms with E-state index in [0.717, 1.165) is 25.7 Å². The van der Waals surface area contributed by atoms with E-state index in [1.165, 1.54) is 37.2 Å². The molecule has 2 heterocycles. The van der Waals surface area contributed by atoms with Gasteiger partial charge in [0.1, 0.15) is 0 Å². The van der Waals surface area contributed by atoms with Gasteiger partial charge < -0.3 is 10.5 Å². The molecule has 0 aromatic heterocycles. The molecule has 2 aliphatic rings. The minimum atomic E-state index is 0.467. The quantitative estimate of drug-likeness (QED) is 0.764. The van der Waals surface area contributed by atoms with Crippen molar-refractivity contribution in [1.29, 1.82) is 0 Å². The normalized spacial score (nSPS) is 28.9. The second-order valence-corrected chi connectivity index (χ2v) is 5.79. The summed E-state index contributed by atoms with van der Waals surface area (Å²) in [6.45, 7) is 2.80. The van der Waals surface area contributed by atoms with Crippen LogP contribution >= 0.6 is 11.8 Å². The highest BCUT2D eigenvalue weighted by Crippen LogP contribution is 2.44. The maximum Gasteiger partial charge on any atom is 0.0468 e. The number of rotatable bonds is 2. The predicted molar refractivity (Wildman–Crippen MR) is 61.6 cm³/mol. The standard InChI is InChI=1S/C11H21NOS/c12-9-11(3-7-14-8-4-11)10-1-5-13-6-2-10/h10H,1-9,12H2. The highest BCUT2D eigenvalue weighted by atomic mass is 32.2. The summed E-state index contributed by atoms with van der Waals surface area (Å²) >= 11 is 2.09. The number of nitrogens with two attached hydrogens (primary N) is 1. The summed E-state index contributed by atoms with van der Waals surface area (Å²) in [5, 5.41) is 0. The lowest BCUT2D eigenvalue weighted by Crippen LogP contribution is -2.43. The largest absolute Gasteiger partial charge is 0.381 e. The van der Waals surface area contributed by atoms with Crippen molar-refractivity contribution in [3.05, 3.63) is 0 Å². The minimum absolute atomic E-state index is 0.467. The van der Waals surface area contributed by atoms with E-state index in [1.807, 2.05) is 0 Å². The van der Waals surface area contributed by atoms with Crippen molar-refractivity contribution in [2.45, 2.75) is 25.7 Å². The Kier molecular flexibility index (Phi) is 3.74. The molecule has 0 aliphatic carbocycles. The van der Waals surface area contributed by atoms with Crippen LogP contribution in [0.3, 0.4) is 0 Å². The molecule has 0 bridgehead atoms. The summed E-state index contributed by atoms with van der Waals surface area (Å²) in [4.78, 5) is 0. The molecule has 0 saturated carbocycles. The lowest BCUT2D eigenvalue weighted by Gasteiger charge is -2.44. The van der Waals surface area contributed by atoms with Gasteiger partial charge in [0.05, 0.1) is 0 Å². The second kappa shape index (κ2) is 4.86. The molecule has 2 N–H and O–H groups in total. The van der Waals surface area contributed by atoms with Crippen LogP contribution in [0.15, 0.2) is 0 Å². The molecule has 0 aromatic rings. The average Bonchev–Trinajstić information content (AvgIpc) is 2.31. The van der Waals surface area contributed by atoms with Crippen LogP contribution in [-0.4, -0.2) is 31.3 Å².